The van der Waals surface area contributed by atoms with Crippen LogP contribution < -0.4 is 11.1 Å². The van der Waals surface area contributed by atoms with Crippen LogP contribution in [0.15, 0.2) is 24.3 Å². The predicted octanol–water partition coefficient (Wildman–Crippen LogP) is 2.00. The van der Waals surface area contributed by atoms with Crippen molar-refractivity contribution in [3.8, 4) is 0 Å². The SMILES string of the molecule is CC(C)[C@H](N)C(=O)Nc1ccc(C(C)N2CCOCC2)cc1. The second-order valence-electron chi connectivity index (χ2n) is 6.21. The van der Waals surface area contributed by atoms with Crippen LogP contribution in [0.25, 0.3) is 0 Å². The lowest BCUT2D eigenvalue weighted by Crippen LogP contribution is -2.39. The average molecular weight is 305 g/mol. The fourth-order valence-corrected chi connectivity index (χ4v) is 2.55. The molecule has 1 unspecified atom stereocenters. The van der Waals surface area contributed by atoms with Crippen LogP contribution in [0.2, 0.25) is 0 Å². The van der Waals surface area contributed by atoms with Crippen LogP contribution in [0.4, 0.5) is 5.69 Å². The lowest BCUT2D eigenvalue weighted by atomic mass is 10.0. The summed E-state index contributed by atoms with van der Waals surface area (Å²) in [5.41, 5.74) is 7.89. The topological polar surface area (TPSA) is 67.6 Å². The van der Waals surface area contributed by atoms with E-state index < -0.39 is 6.04 Å². The molecule has 122 valence electrons. The zero-order chi connectivity index (χ0) is 16.1. The first-order valence-electron chi connectivity index (χ1n) is 7.97. The first-order chi connectivity index (χ1) is 10.5. The molecule has 0 saturated carbocycles. The number of carbonyl (C=O) groups is 1. The summed E-state index contributed by atoms with van der Waals surface area (Å²) in [6.45, 7) is 9.60. The predicted molar refractivity (Wildman–Crippen MR) is 88.7 cm³/mol. The third kappa shape index (κ3) is 4.29. The van der Waals surface area contributed by atoms with Gasteiger partial charge < -0.3 is 15.8 Å². The largest absolute Gasteiger partial charge is 0.379 e. The molecule has 0 aromatic heterocycles. The van der Waals surface area contributed by atoms with E-state index in [4.69, 9.17) is 10.5 Å². The van der Waals surface area contributed by atoms with Crippen molar-refractivity contribution in [1.29, 1.82) is 0 Å². The summed E-state index contributed by atoms with van der Waals surface area (Å²) >= 11 is 0. The summed E-state index contributed by atoms with van der Waals surface area (Å²) in [4.78, 5) is 14.4. The summed E-state index contributed by atoms with van der Waals surface area (Å²) in [7, 11) is 0. The molecule has 1 fully saturated rings. The van der Waals surface area contributed by atoms with E-state index in [-0.39, 0.29) is 11.8 Å². The zero-order valence-electron chi connectivity index (χ0n) is 13.7. The molecule has 1 aromatic carbocycles. The minimum Gasteiger partial charge on any atom is -0.379 e. The molecule has 1 aliphatic rings. The van der Waals surface area contributed by atoms with E-state index >= 15 is 0 Å². The molecule has 3 N–H and O–H groups in total. The Bertz CT molecular complexity index is 481. The summed E-state index contributed by atoms with van der Waals surface area (Å²) < 4.78 is 5.39. The number of hydrogen-bond acceptors (Lipinski definition) is 4. The Morgan fingerprint density at radius 2 is 1.77 bits per heavy atom. The first kappa shape index (κ1) is 16.9. The van der Waals surface area contributed by atoms with Crippen molar-refractivity contribution in [1.82, 2.24) is 4.90 Å². The number of ether oxygens (including phenoxy) is 1. The highest BCUT2D eigenvalue weighted by Gasteiger charge is 2.19. The number of nitrogens with zero attached hydrogens (tertiary/aromatic N) is 1. The van der Waals surface area contributed by atoms with Gasteiger partial charge in [-0.1, -0.05) is 26.0 Å². The summed E-state index contributed by atoms with van der Waals surface area (Å²) in [6.07, 6.45) is 0. The number of anilines is 1. The molecule has 1 amide bonds. The maximum Gasteiger partial charge on any atom is 0.241 e. The third-order valence-corrected chi connectivity index (χ3v) is 4.28. The second kappa shape index (κ2) is 7.72. The lowest BCUT2D eigenvalue weighted by molar-refractivity contribution is -0.118. The molecule has 0 bridgehead atoms. The van der Waals surface area contributed by atoms with Gasteiger partial charge in [0.1, 0.15) is 0 Å². The van der Waals surface area contributed by atoms with Crippen LogP contribution >= 0.6 is 0 Å². The number of amides is 1. The molecular weight excluding hydrogens is 278 g/mol. The summed E-state index contributed by atoms with van der Waals surface area (Å²) in [5.74, 6) is -0.00964. The van der Waals surface area contributed by atoms with E-state index in [0.717, 1.165) is 32.0 Å². The van der Waals surface area contributed by atoms with E-state index in [2.05, 4.69) is 29.3 Å². The molecule has 0 spiro atoms. The normalized spacial score (nSPS) is 19.0. The Kier molecular flexibility index (Phi) is 5.94. The molecular formula is C17H27N3O2. The van der Waals surface area contributed by atoms with Crippen molar-refractivity contribution in [2.75, 3.05) is 31.6 Å². The molecule has 1 aromatic rings. The Morgan fingerprint density at radius 1 is 1.18 bits per heavy atom. The van der Waals surface area contributed by atoms with Gasteiger partial charge in [0.2, 0.25) is 5.91 Å². The molecule has 5 heteroatoms. The summed E-state index contributed by atoms with van der Waals surface area (Å²) in [5, 5.41) is 2.87. The minimum atomic E-state index is -0.480. The van der Waals surface area contributed by atoms with Crippen molar-refractivity contribution >= 4 is 11.6 Å². The lowest BCUT2D eigenvalue weighted by Gasteiger charge is -2.32. The van der Waals surface area contributed by atoms with Crippen LogP contribution in [0.5, 0.6) is 0 Å². The quantitative estimate of drug-likeness (QED) is 0.873. The van der Waals surface area contributed by atoms with Gasteiger partial charge in [0.15, 0.2) is 0 Å². The Labute approximate surface area is 132 Å². The van der Waals surface area contributed by atoms with Crippen molar-refractivity contribution in [2.45, 2.75) is 32.9 Å². The number of benzene rings is 1. The zero-order valence-corrected chi connectivity index (χ0v) is 13.7. The van der Waals surface area contributed by atoms with Gasteiger partial charge in [0, 0.05) is 24.8 Å². The van der Waals surface area contributed by atoms with E-state index in [1.807, 2.05) is 26.0 Å². The number of morpholine rings is 1. The van der Waals surface area contributed by atoms with Gasteiger partial charge in [-0.2, -0.15) is 0 Å². The average Bonchev–Trinajstić information content (AvgIpc) is 2.54. The molecule has 1 heterocycles. The number of rotatable bonds is 5. The highest BCUT2D eigenvalue weighted by atomic mass is 16.5. The van der Waals surface area contributed by atoms with E-state index in [9.17, 15) is 4.79 Å². The smallest absolute Gasteiger partial charge is 0.241 e. The molecule has 1 saturated heterocycles. The summed E-state index contributed by atoms with van der Waals surface area (Å²) in [6, 6.07) is 7.89. The molecule has 2 rings (SSSR count). The number of nitrogens with two attached hydrogens (primary N) is 1. The highest BCUT2D eigenvalue weighted by Crippen LogP contribution is 2.22. The Hall–Kier alpha value is -1.43. The molecule has 0 radical (unpaired) electrons. The van der Waals surface area contributed by atoms with Gasteiger partial charge in [-0.3, -0.25) is 9.69 Å². The van der Waals surface area contributed by atoms with Crippen molar-refractivity contribution in [3.05, 3.63) is 29.8 Å². The molecule has 1 aliphatic heterocycles. The second-order valence-corrected chi connectivity index (χ2v) is 6.21. The van der Waals surface area contributed by atoms with Crippen LogP contribution in [0.3, 0.4) is 0 Å². The Morgan fingerprint density at radius 3 is 2.32 bits per heavy atom. The number of hydrogen-bond donors (Lipinski definition) is 2. The highest BCUT2D eigenvalue weighted by molar-refractivity contribution is 5.94. The van der Waals surface area contributed by atoms with Crippen molar-refractivity contribution < 1.29 is 9.53 Å². The molecule has 22 heavy (non-hydrogen) atoms. The van der Waals surface area contributed by atoms with E-state index in [0.29, 0.717) is 6.04 Å². The van der Waals surface area contributed by atoms with E-state index in [1.165, 1.54) is 5.56 Å². The van der Waals surface area contributed by atoms with Gasteiger partial charge in [-0.25, -0.2) is 0 Å². The fourth-order valence-electron chi connectivity index (χ4n) is 2.55. The standard InChI is InChI=1S/C17H27N3O2/c1-12(2)16(18)17(21)19-15-6-4-14(5-7-15)13(3)20-8-10-22-11-9-20/h4-7,12-13,16H,8-11,18H2,1-3H3,(H,19,21)/t13?,16-/m0/s1. The van der Waals surface area contributed by atoms with Crippen LogP contribution in [-0.2, 0) is 9.53 Å². The van der Waals surface area contributed by atoms with Gasteiger partial charge >= 0.3 is 0 Å². The third-order valence-electron chi connectivity index (χ3n) is 4.28. The van der Waals surface area contributed by atoms with Gasteiger partial charge in [-0.05, 0) is 30.5 Å². The monoisotopic (exact) mass is 305 g/mol. The number of carbonyl (C=O) groups excluding carboxylic acids is 1. The van der Waals surface area contributed by atoms with Crippen LogP contribution in [0.1, 0.15) is 32.4 Å². The van der Waals surface area contributed by atoms with Gasteiger partial charge in [-0.15, -0.1) is 0 Å². The van der Waals surface area contributed by atoms with Gasteiger partial charge in [0.25, 0.3) is 0 Å². The molecule has 5 nitrogen and oxygen atoms in total. The van der Waals surface area contributed by atoms with Crippen molar-refractivity contribution in [2.24, 2.45) is 11.7 Å². The maximum atomic E-state index is 12.0. The van der Waals surface area contributed by atoms with E-state index in [1.54, 1.807) is 0 Å². The van der Waals surface area contributed by atoms with Crippen LogP contribution in [-0.4, -0.2) is 43.2 Å². The van der Waals surface area contributed by atoms with Crippen molar-refractivity contribution in [3.63, 3.8) is 0 Å². The number of nitrogens with one attached hydrogen (secondary N) is 1. The molecule has 0 aliphatic carbocycles. The fraction of sp³-hybridized carbons (Fsp3) is 0.588. The maximum absolute atomic E-state index is 12.0. The minimum absolute atomic E-state index is 0.126. The van der Waals surface area contributed by atoms with Gasteiger partial charge in [0.05, 0.1) is 19.3 Å². The van der Waals surface area contributed by atoms with Crippen LogP contribution in [0, 0.1) is 5.92 Å². The Balaban J connectivity index is 1.96. The first-order valence-corrected chi connectivity index (χ1v) is 7.97. The molecule has 2 atom stereocenters.